The van der Waals surface area contributed by atoms with Gasteiger partial charge in [0.15, 0.2) is 11.5 Å². The fourth-order valence-corrected chi connectivity index (χ4v) is 2.26. The molecule has 1 fully saturated rings. The molecule has 1 amide bonds. The minimum atomic E-state index is -0.199. The molecule has 2 aliphatic rings. The van der Waals surface area contributed by atoms with E-state index in [4.69, 9.17) is 25.9 Å². The molecule has 1 saturated heterocycles. The van der Waals surface area contributed by atoms with Crippen LogP contribution in [0.2, 0.25) is 5.02 Å². The van der Waals surface area contributed by atoms with Crippen molar-refractivity contribution in [1.82, 2.24) is 5.06 Å². The fourth-order valence-electron chi connectivity index (χ4n) is 1.99. The maximum Gasteiger partial charge on any atom is 0.277 e. The standard InChI is InChI=1S/C12H12ClNO4/c13-9-5-8(6-10-11(9)17-7-16-10)12(15)14-3-1-2-4-18-14/h5-6H,1-4,7H2. The SMILES string of the molecule is O=C(c1cc(Cl)c2c(c1)OCO2)N1CCCCO1. The third kappa shape index (κ3) is 2.00. The number of amides is 1. The topological polar surface area (TPSA) is 48.0 Å². The number of hydroxylamine groups is 2. The molecule has 0 aromatic heterocycles. The van der Waals surface area contributed by atoms with Gasteiger partial charge in [0.25, 0.3) is 5.91 Å². The molecule has 18 heavy (non-hydrogen) atoms. The second-order valence-electron chi connectivity index (χ2n) is 4.14. The Morgan fingerprint density at radius 3 is 2.94 bits per heavy atom. The number of rotatable bonds is 1. The van der Waals surface area contributed by atoms with Gasteiger partial charge in [0.1, 0.15) is 0 Å². The number of hydrogen-bond donors (Lipinski definition) is 0. The van der Waals surface area contributed by atoms with Crippen LogP contribution in [0, 0.1) is 0 Å². The van der Waals surface area contributed by atoms with E-state index in [0.717, 1.165) is 12.8 Å². The highest BCUT2D eigenvalue weighted by Crippen LogP contribution is 2.40. The van der Waals surface area contributed by atoms with Gasteiger partial charge in [0.05, 0.1) is 11.6 Å². The molecule has 3 rings (SSSR count). The number of ether oxygens (including phenoxy) is 2. The first-order valence-electron chi connectivity index (χ1n) is 5.79. The summed E-state index contributed by atoms with van der Waals surface area (Å²) in [6, 6.07) is 3.21. The lowest BCUT2D eigenvalue weighted by Gasteiger charge is -2.25. The first kappa shape index (κ1) is 11.6. The maximum absolute atomic E-state index is 12.2. The summed E-state index contributed by atoms with van der Waals surface area (Å²) in [6.45, 7) is 1.31. The molecule has 1 aromatic rings. The molecule has 6 heteroatoms. The van der Waals surface area contributed by atoms with Crippen LogP contribution >= 0.6 is 11.6 Å². The van der Waals surface area contributed by atoms with Crippen molar-refractivity contribution in [3.8, 4) is 11.5 Å². The van der Waals surface area contributed by atoms with E-state index < -0.39 is 0 Å². The summed E-state index contributed by atoms with van der Waals surface area (Å²) < 4.78 is 10.4. The van der Waals surface area contributed by atoms with Gasteiger partial charge in [0.2, 0.25) is 6.79 Å². The number of hydrogen-bond acceptors (Lipinski definition) is 4. The molecule has 96 valence electrons. The van der Waals surface area contributed by atoms with Gasteiger partial charge in [-0.2, -0.15) is 0 Å². The number of nitrogens with zero attached hydrogens (tertiary/aromatic N) is 1. The van der Waals surface area contributed by atoms with Crippen LogP contribution in [0.3, 0.4) is 0 Å². The average Bonchev–Trinajstić information content (AvgIpc) is 2.88. The highest BCUT2D eigenvalue weighted by Gasteiger charge is 2.24. The van der Waals surface area contributed by atoms with E-state index in [0.29, 0.717) is 35.2 Å². The Bertz CT molecular complexity index is 485. The van der Waals surface area contributed by atoms with Crippen molar-refractivity contribution in [2.75, 3.05) is 19.9 Å². The van der Waals surface area contributed by atoms with Gasteiger partial charge in [-0.25, -0.2) is 5.06 Å². The van der Waals surface area contributed by atoms with E-state index in [1.165, 1.54) is 5.06 Å². The summed E-state index contributed by atoms with van der Waals surface area (Å²) in [5, 5.41) is 1.75. The Balaban J connectivity index is 1.87. The molecule has 2 heterocycles. The first-order chi connectivity index (χ1) is 8.75. The normalized spacial score (nSPS) is 17.9. The van der Waals surface area contributed by atoms with Crippen LogP contribution < -0.4 is 9.47 Å². The highest BCUT2D eigenvalue weighted by molar-refractivity contribution is 6.32. The van der Waals surface area contributed by atoms with Crippen molar-refractivity contribution in [2.24, 2.45) is 0 Å². The van der Waals surface area contributed by atoms with Gasteiger partial charge in [-0.1, -0.05) is 11.6 Å². The molecule has 0 atom stereocenters. The van der Waals surface area contributed by atoms with Crippen LogP contribution in [0.25, 0.3) is 0 Å². The van der Waals surface area contributed by atoms with Crippen molar-refractivity contribution in [3.63, 3.8) is 0 Å². The van der Waals surface area contributed by atoms with E-state index in [9.17, 15) is 4.79 Å². The van der Waals surface area contributed by atoms with Gasteiger partial charge in [0, 0.05) is 12.1 Å². The predicted octanol–water partition coefficient (Wildman–Crippen LogP) is 2.24. The molecule has 0 unspecified atom stereocenters. The zero-order chi connectivity index (χ0) is 12.5. The van der Waals surface area contributed by atoms with E-state index >= 15 is 0 Å². The molecular formula is C12H12ClNO4. The van der Waals surface area contributed by atoms with E-state index in [-0.39, 0.29) is 12.7 Å². The lowest BCUT2D eigenvalue weighted by atomic mass is 10.1. The summed E-state index contributed by atoms with van der Waals surface area (Å²) in [6.07, 6.45) is 1.93. The number of fused-ring (bicyclic) bond motifs is 1. The van der Waals surface area contributed by atoms with E-state index in [1.54, 1.807) is 12.1 Å². The molecule has 1 aromatic carbocycles. The Labute approximate surface area is 109 Å². The Morgan fingerprint density at radius 1 is 1.28 bits per heavy atom. The quantitative estimate of drug-likeness (QED) is 0.784. The Morgan fingerprint density at radius 2 is 2.17 bits per heavy atom. The van der Waals surface area contributed by atoms with Crippen molar-refractivity contribution < 1.29 is 19.1 Å². The monoisotopic (exact) mass is 269 g/mol. The van der Waals surface area contributed by atoms with Crippen LogP contribution in [-0.2, 0) is 4.84 Å². The zero-order valence-electron chi connectivity index (χ0n) is 9.65. The van der Waals surface area contributed by atoms with Gasteiger partial charge in [-0.05, 0) is 25.0 Å². The minimum absolute atomic E-state index is 0.132. The molecule has 0 radical (unpaired) electrons. The van der Waals surface area contributed by atoms with Crippen LogP contribution in [0.5, 0.6) is 11.5 Å². The lowest BCUT2D eigenvalue weighted by molar-refractivity contribution is -0.144. The summed E-state index contributed by atoms with van der Waals surface area (Å²) in [7, 11) is 0. The van der Waals surface area contributed by atoms with Gasteiger partial charge in [-0.15, -0.1) is 0 Å². The average molecular weight is 270 g/mol. The summed E-state index contributed by atoms with van der Waals surface area (Å²) >= 11 is 6.04. The zero-order valence-corrected chi connectivity index (χ0v) is 10.4. The molecule has 2 aliphatic heterocycles. The first-order valence-corrected chi connectivity index (χ1v) is 6.17. The predicted molar refractivity (Wildman–Crippen MR) is 63.8 cm³/mol. The highest BCUT2D eigenvalue weighted by atomic mass is 35.5. The smallest absolute Gasteiger partial charge is 0.277 e. The molecule has 0 N–H and O–H groups in total. The number of benzene rings is 1. The van der Waals surface area contributed by atoms with Crippen LogP contribution in [0.15, 0.2) is 12.1 Å². The van der Waals surface area contributed by atoms with Gasteiger partial charge >= 0.3 is 0 Å². The Kier molecular flexibility index (Phi) is 3.01. The van der Waals surface area contributed by atoms with Crippen molar-refractivity contribution in [3.05, 3.63) is 22.7 Å². The molecule has 0 spiro atoms. The second-order valence-corrected chi connectivity index (χ2v) is 4.55. The molecule has 0 saturated carbocycles. The molecule has 0 bridgehead atoms. The summed E-state index contributed by atoms with van der Waals surface area (Å²) in [5.74, 6) is 0.797. The van der Waals surface area contributed by atoms with Crippen molar-refractivity contribution >= 4 is 17.5 Å². The van der Waals surface area contributed by atoms with Gasteiger partial charge < -0.3 is 9.47 Å². The third-order valence-corrected chi connectivity index (χ3v) is 3.18. The van der Waals surface area contributed by atoms with E-state index in [1.807, 2.05) is 0 Å². The van der Waals surface area contributed by atoms with Crippen molar-refractivity contribution in [2.45, 2.75) is 12.8 Å². The fraction of sp³-hybridized carbons (Fsp3) is 0.417. The Hall–Kier alpha value is -1.46. The van der Waals surface area contributed by atoms with E-state index in [2.05, 4.69) is 0 Å². The molecule has 5 nitrogen and oxygen atoms in total. The largest absolute Gasteiger partial charge is 0.454 e. The van der Waals surface area contributed by atoms with Crippen LogP contribution in [0.4, 0.5) is 0 Å². The van der Waals surface area contributed by atoms with Gasteiger partial charge in [-0.3, -0.25) is 9.63 Å². The summed E-state index contributed by atoms with van der Waals surface area (Å²) in [4.78, 5) is 17.5. The number of carbonyl (C=O) groups excluding carboxylic acids is 1. The second kappa shape index (κ2) is 4.66. The van der Waals surface area contributed by atoms with Crippen LogP contribution in [-0.4, -0.2) is 30.9 Å². The number of carbonyl (C=O) groups is 1. The van der Waals surface area contributed by atoms with Crippen molar-refractivity contribution in [1.29, 1.82) is 0 Å². The molecule has 0 aliphatic carbocycles. The van der Waals surface area contributed by atoms with Crippen LogP contribution in [0.1, 0.15) is 23.2 Å². The molecular weight excluding hydrogens is 258 g/mol. The third-order valence-electron chi connectivity index (χ3n) is 2.90. The maximum atomic E-state index is 12.2. The number of halogens is 1. The minimum Gasteiger partial charge on any atom is -0.454 e. The lowest BCUT2D eigenvalue weighted by Crippen LogP contribution is -2.35. The summed E-state index contributed by atoms with van der Waals surface area (Å²) in [5.41, 5.74) is 0.450.